The van der Waals surface area contributed by atoms with Gasteiger partial charge in [-0.1, -0.05) is 24.3 Å². The smallest absolute Gasteiger partial charge is 0.342 e. The number of nitrogens with zero attached hydrogens (tertiary/aromatic N) is 1. The maximum absolute atomic E-state index is 13.6. The maximum atomic E-state index is 13.6. The van der Waals surface area contributed by atoms with Crippen molar-refractivity contribution >= 4 is 23.5 Å². The Morgan fingerprint density at radius 2 is 1.87 bits per heavy atom. The molecule has 0 spiro atoms. The minimum absolute atomic E-state index is 0.0275. The first kappa shape index (κ1) is 22.2. The first-order valence-electron chi connectivity index (χ1n) is 9.76. The van der Waals surface area contributed by atoms with Crippen LogP contribution in [-0.4, -0.2) is 61.7 Å². The molecule has 2 aromatic rings. The third kappa shape index (κ3) is 6.26. The molecule has 1 aliphatic rings. The van der Waals surface area contributed by atoms with Gasteiger partial charge in [0.15, 0.2) is 13.2 Å². The zero-order valence-corrected chi connectivity index (χ0v) is 17.0. The van der Waals surface area contributed by atoms with E-state index in [4.69, 9.17) is 14.2 Å². The summed E-state index contributed by atoms with van der Waals surface area (Å²) < 4.78 is 29.6. The highest BCUT2D eigenvalue weighted by Crippen LogP contribution is 2.19. The minimum atomic E-state index is -0.750. The molecule has 0 bridgehead atoms. The summed E-state index contributed by atoms with van der Waals surface area (Å²) in [7, 11) is 0. The summed E-state index contributed by atoms with van der Waals surface area (Å²) in [6.45, 7) is 2.33. The number of benzene rings is 2. The number of nitrogens with one attached hydrogen (secondary N) is 1. The molecule has 1 fully saturated rings. The Bertz CT molecular complexity index is 951. The van der Waals surface area contributed by atoms with Crippen LogP contribution in [0, 0.1) is 5.82 Å². The molecule has 1 saturated heterocycles. The van der Waals surface area contributed by atoms with E-state index in [1.165, 1.54) is 30.3 Å². The lowest BCUT2D eigenvalue weighted by Crippen LogP contribution is -2.46. The Labute approximate surface area is 178 Å². The van der Waals surface area contributed by atoms with Crippen molar-refractivity contribution in [2.24, 2.45) is 0 Å². The Morgan fingerprint density at radius 1 is 1.13 bits per heavy atom. The summed E-state index contributed by atoms with van der Waals surface area (Å²) in [5.74, 6) is -2.11. The molecule has 0 aliphatic carbocycles. The molecule has 3 rings (SSSR count). The standard InChI is InChI=1S/C22H23FN2O6/c1-15-12-25(10-11-29-15)21(27)14-31-22(28)16-6-2-5-9-19(16)30-13-20(26)24-18-8-4-3-7-17(18)23/h2-9,15H,10-14H2,1H3,(H,24,26). The van der Waals surface area contributed by atoms with Crippen molar-refractivity contribution in [2.75, 3.05) is 38.2 Å². The van der Waals surface area contributed by atoms with Gasteiger partial charge >= 0.3 is 5.97 Å². The molecule has 0 radical (unpaired) electrons. The molecule has 2 amide bonds. The predicted molar refractivity (Wildman–Crippen MR) is 109 cm³/mol. The average molecular weight is 430 g/mol. The third-order valence-electron chi connectivity index (χ3n) is 4.53. The first-order valence-corrected chi connectivity index (χ1v) is 9.76. The number of hydrogen-bond donors (Lipinski definition) is 1. The lowest BCUT2D eigenvalue weighted by molar-refractivity contribution is -0.141. The van der Waals surface area contributed by atoms with Crippen LogP contribution in [0.25, 0.3) is 0 Å². The van der Waals surface area contributed by atoms with Crippen molar-refractivity contribution < 1.29 is 33.0 Å². The van der Waals surface area contributed by atoms with Crippen LogP contribution >= 0.6 is 0 Å². The van der Waals surface area contributed by atoms with Crippen LogP contribution < -0.4 is 10.1 Å². The predicted octanol–water partition coefficient (Wildman–Crippen LogP) is 2.25. The molecule has 1 unspecified atom stereocenters. The molecule has 8 nitrogen and oxygen atoms in total. The summed E-state index contributed by atoms with van der Waals surface area (Å²) in [6.07, 6.45) is -0.0713. The molecule has 0 saturated carbocycles. The van der Waals surface area contributed by atoms with Crippen LogP contribution in [0.2, 0.25) is 0 Å². The molecule has 1 aliphatic heterocycles. The number of carbonyl (C=O) groups excluding carboxylic acids is 3. The monoisotopic (exact) mass is 430 g/mol. The van der Waals surface area contributed by atoms with E-state index < -0.39 is 30.9 Å². The van der Waals surface area contributed by atoms with Crippen LogP contribution in [0.15, 0.2) is 48.5 Å². The van der Waals surface area contributed by atoms with E-state index in [1.807, 2.05) is 6.92 Å². The van der Waals surface area contributed by atoms with Crippen LogP contribution in [0.3, 0.4) is 0 Å². The van der Waals surface area contributed by atoms with E-state index in [0.717, 1.165) is 0 Å². The van der Waals surface area contributed by atoms with Crippen molar-refractivity contribution in [3.05, 3.63) is 59.9 Å². The number of halogens is 1. The average Bonchev–Trinajstić information content (AvgIpc) is 2.77. The van der Waals surface area contributed by atoms with Crippen LogP contribution in [0.4, 0.5) is 10.1 Å². The quantitative estimate of drug-likeness (QED) is 0.678. The molecule has 164 valence electrons. The van der Waals surface area contributed by atoms with Gasteiger partial charge in [0, 0.05) is 13.1 Å². The Balaban J connectivity index is 1.54. The van der Waals surface area contributed by atoms with E-state index in [2.05, 4.69) is 5.32 Å². The van der Waals surface area contributed by atoms with Crippen molar-refractivity contribution in [1.82, 2.24) is 4.90 Å². The number of hydrogen-bond acceptors (Lipinski definition) is 6. The van der Waals surface area contributed by atoms with Crippen LogP contribution in [0.1, 0.15) is 17.3 Å². The van der Waals surface area contributed by atoms with E-state index in [9.17, 15) is 18.8 Å². The summed E-state index contributed by atoms with van der Waals surface area (Å²) in [6, 6.07) is 11.9. The third-order valence-corrected chi connectivity index (χ3v) is 4.53. The van der Waals surface area contributed by atoms with Gasteiger partial charge in [0.2, 0.25) is 0 Å². The largest absolute Gasteiger partial charge is 0.483 e. The summed E-state index contributed by atoms with van der Waals surface area (Å²) in [5, 5.41) is 2.39. The van der Waals surface area contributed by atoms with E-state index in [0.29, 0.717) is 19.7 Å². The zero-order valence-electron chi connectivity index (χ0n) is 17.0. The van der Waals surface area contributed by atoms with Gasteiger partial charge in [-0.25, -0.2) is 9.18 Å². The molecule has 1 N–H and O–H groups in total. The zero-order chi connectivity index (χ0) is 22.2. The number of amides is 2. The second-order valence-corrected chi connectivity index (χ2v) is 6.91. The first-order chi connectivity index (χ1) is 14.9. The van der Waals surface area contributed by atoms with Crippen LogP contribution in [-0.2, 0) is 19.1 Å². The maximum Gasteiger partial charge on any atom is 0.342 e. The van der Waals surface area contributed by atoms with Gasteiger partial charge in [0.25, 0.3) is 11.8 Å². The lowest BCUT2D eigenvalue weighted by atomic mass is 10.2. The highest BCUT2D eigenvalue weighted by Gasteiger charge is 2.23. The second kappa shape index (κ2) is 10.5. The molecule has 9 heteroatoms. The number of para-hydroxylation sites is 2. The molecular weight excluding hydrogens is 407 g/mol. The Hall–Kier alpha value is -3.46. The summed E-state index contributed by atoms with van der Waals surface area (Å²) in [4.78, 5) is 38.3. The number of carbonyl (C=O) groups is 3. The number of ether oxygens (including phenoxy) is 3. The molecule has 1 atom stereocenters. The Morgan fingerprint density at radius 3 is 2.65 bits per heavy atom. The fourth-order valence-electron chi connectivity index (χ4n) is 2.99. The Kier molecular flexibility index (Phi) is 7.55. The molecule has 31 heavy (non-hydrogen) atoms. The van der Waals surface area contributed by atoms with E-state index >= 15 is 0 Å². The highest BCUT2D eigenvalue weighted by atomic mass is 19.1. The SMILES string of the molecule is CC1CN(C(=O)COC(=O)c2ccccc2OCC(=O)Nc2ccccc2F)CCO1. The van der Waals surface area contributed by atoms with Gasteiger partial charge in [-0.15, -0.1) is 0 Å². The van der Waals surface area contributed by atoms with E-state index in [-0.39, 0.29) is 29.0 Å². The molecule has 0 aromatic heterocycles. The van der Waals surface area contributed by atoms with Gasteiger partial charge < -0.3 is 24.4 Å². The van der Waals surface area contributed by atoms with Crippen molar-refractivity contribution in [1.29, 1.82) is 0 Å². The van der Waals surface area contributed by atoms with Crippen molar-refractivity contribution in [3.8, 4) is 5.75 Å². The van der Waals surface area contributed by atoms with Crippen molar-refractivity contribution in [2.45, 2.75) is 13.0 Å². The molecule has 1 heterocycles. The van der Waals surface area contributed by atoms with E-state index in [1.54, 1.807) is 23.1 Å². The molecular formula is C22H23FN2O6. The minimum Gasteiger partial charge on any atom is -0.483 e. The van der Waals surface area contributed by atoms with Gasteiger partial charge in [0.1, 0.15) is 17.1 Å². The lowest BCUT2D eigenvalue weighted by Gasteiger charge is -2.30. The number of morpholine rings is 1. The number of anilines is 1. The normalized spacial score (nSPS) is 15.8. The topological polar surface area (TPSA) is 94.2 Å². The fourth-order valence-corrected chi connectivity index (χ4v) is 2.99. The summed E-state index contributed by atoms with van der Waals surface area (Å²) >= 11 is 0. The second-order valence-electron chi connectivity index (χ2n) is 6.91. The molecule has 2 aromatic carbocycles. The van der Waals surface area contributed by atoms with Crippen LogP contribution in [0.5, 0.6) is 5.75 Å². The highest BCUT2D eigenvalue weighted by molar-refractivity contribution is 5.95. The van der Waals surface area contributed by atoms with Gasteiger partial charge in [-0.05, 0) is 31.2 Å². The van der Waals surface area contributed by atoms with Gasteiger partial charge in [-0.3, -0.25) is 9.59 Å². The van der Waals surface area contributed by atoms with Crippen molar-refractivity contribution in [3.63, 3.8) is 0 Å². The van der Waals surface area contributed by atoms with Gasteiger partial charge in [-0.2, -0.15) is 0 Å². The fraction of sp³-hybridized carbons (Fsp3) is 0.318. The van der Waals surface area contributed by atoms with Gasteiger partial charge in [0.05, 0.1) is 18.4 Å². The summed E-state index contributed by atoms with van der Waals surface area (Å²) in [5.41, 5.74) is 0.101. The number of rotatable bonds is 7. The number of esters is 1.